The molecule has 28 heavy (non-hydrogen) atoms. The van der Waals surface area contributed by atoms with Crippen LogP contribution < -0.4 is 4.74 Å². The normalized spacial score (nSPS) is 14.7. The van der Waals surface area contributed by atoms with E-state index in [1.807, 2.05) is 19.1 Å². The van der Waals surface area contributed by atoms with Crippen LogP contribution in [-0.4, -0.2) is 17.8 Å². The highest BCUT2D eigenvalue weighted by Crippen LogP contribution is 2.21. The average molecular weight is 373 g/mol. The van der Waals surface area contributed by atoms with E-state index in [1.165, 1.54) is 6.26 Å². The van der Waals surface area contributed by atoms with E-state index in [0.717, 1.165) is 5.56 Å². The van der Waals surface area contributed by atoms with E-state index in [0.29, 0.717) is 22.6 Å². The molecule has 0 saturated carbocycles. The zero-order valence-corrected chi connectivity index (χ0v) is 14.9. The van der Waals surface area contributed by atoms with Gasteiger partial charge in [-0.2, -0.15) is 0 Å². The first kappa shape index (κ1) is 17.5. The maximum absolute atomic E-state index is 12.2. The zero-order chi connectivity index (χ0) is 19.5. The fraction of sp³-hybridized carbons (Fsp3) is 0.0455. The van der Waals surface area contributed by atoms with Crippen LogP contribution in [0.5, 0.6) is 5.75 Å². The standard InChI is InChI=1S/C22H15NO5/c1-14-4-8-16(9-5-14)21(24)27-17-10-6-15(7-11-17)13-18-22(25)28-20(23-18)19-3-2-12-26-19/h2-13H,1H3/b18-13-. The summed E-state index contributed by atoms with van der Waals surface area (Å²) < 4.78 is 15.6. The Morgan fingerprint density at radius 1 is 1.04 bits per heavy atom. The Morgan fingerprint density at radius 2 is 1.79 bits per heavy atom. The number of nitrogens with zero attached hydrogens (tertiary/aromatic N) is 1. The molecule has 1 aliphatic heterocycles. The van der Waals surface area contributed by atoms with Crippen molar-refractivity contribution in [3.63, 3.8) is 0 Å². The van der Waals surface area contributed by atoms with E-state index in [2.05, 4.69) is 4.99 Å². The number of rotatable bonds is 4. The van der Waals surface area contributed by atoms with E-state index in [-0.39, 0.29) is 11.6 Å². The van der Waals surface area contributed by atoms with Crippen LogP contribution in [0.3, 0.4) is 0 Å². The number of hydrogen-bond donors (Lipinski definition) is 0. The number of hydrogen-bond acceptors (Lipinski definition) is 6. The predicted molar refractivity (Wildman–Crippen MR) is 102 cm³/mol. The van der Waals surface area contributed by atoms with Crippen LogP contribution in [0, 0.1) is 6.92 Å². The molecule has 4 rings (SSSR count). The first-order valence-electron chi connectivity index (χ1n) is 8.54. The molecule has 3 aromatic rings. The lowest BCUT2D eigenvalue weighted by Gasteiger charge is -2.05. The second kappa shape index (κ2) is 7.36. The highest BCUT2D eigenvalue weighted by atomic mass is 16.6. The van der Waals surface area contributed by atoms with Gasteiger partial charge in [-0.05, 0) is 55.0 Å². The number of carbonyl (C=O) groups is 2. The van der Waals surface area contributed by atoms with Crippen molar-refractivity contribution in [1.29, 1.82) is 0 Å². The second-order valence-corrected chi connectivity index (χ2v) is 6.14. The molecule has 1 aliphatic rings. The first-order chi connectivity index (χ1) is 13.6. The molecule has 0 spiro atoms. The Kier molecular flexibility index (Phi) is 4.60. The average Bonchev–Trinajstić information content (AvgIpc) is 3.34. The molecule has 6 heteroatoms. The van der Waals surface area contributed by atoms with Gasteiger partial charge in [-0.25, -0.2) is 14.6 Å². The summed E-state index contributed by atoms with van der Waals surface area (Å²) in [4.78, 5) is 28.3. The molecule has 0 radical (unpaired) electrons. The third kappa shape index (κ3) is 3.76. The van der Waals surface area contributed by atoms with Crippen molar-refractivity contribution in [3.8, 4) is 5.75 Å². The Balaban J connectivity index is 1.47. The second-order valence-electron chi connectivity index (χ2n) is 6.14. The van der Waals surface area contributed by atoms with E-state index < -0.39 is 11.9 Å². The minimum absolute atomic E-state index is 0.130. The molecule has 0 unspecified atom stereocenters. The van der Waals surface area contributed by atoms with Crippen molar-refractivity contribution in [2.75, 3.05) is 0 Å². The van der Waals surface area contributed by atoms with Crippen molar-refractivity contribution >= 4 is 23.9 Å². The van der Waals surface area contributed by atoms with Gasteiger partial charge in [-0.3, -0.25) is 0 Å². The van der Waals surface area contributed by atoms with Crippen molar-refractivity contribution in [3.05, 3.63) is 95.1 Å². The number of aryl methyl sites for hydroxylation is 1. The van der Waals surface area contributed by atoms with Crippen LogP contribution in [-0.2, 0) is 9.53 Å². The molecule has 6 nitrogen and oxygen atoms in total. The lowest BCUT2D eigenvalue weighted by atomic mass is 10.1. The molecule has 1 aromatic heterocycles. The fourth-order valence-corrected chi connectivity index (χ4v) is 2.56. The Bertz CT molecular complexity index is 1070. The molecule has 138 valence electrons. The van der Waals surface area contributed by atoms with Gasteiger partial charge < -0.3 is 13.9 Å². The van der Waals surface area contributed by atoms with E-state index >= 15 is 0 Å². The lowest BCUT2D eigenvalue weighted by Crippen LogP contribution is -2.08. The highest BCUT2D eigenvalue weighted by molar-refractivity contribution is 6.11. The molecule has 0 amide bonds. The van der Waals surface area contributed by atoms with Gasteiger partial charge in [0.25, 0.3) is 5.90 Å². The first-order valence-corrected chi connectivity index (χ1v) is 8.54. The molecule has 0 bridgehead atoms. The quantitative estimate of drug-likeness (QED) is 0.390. The van der Waals surface area contributed by atoms with Crippen LogP contribution >= 0.6 is 0 Å². The Morgan fingerprint density at radius 3 is 2.46 bits per heavy atom. The summed E-state index contributed by atoms with van der Waals surface area (Å²) in [6.07, 6.45) is 3.06. The Hall–Kier alpha value is -3.93. The molecular formula is C22H15NO5. The number of esters is 2. The van der Waals surface area contributed by atoms with Gasteiger partial charge >= 0.3 is 11.9 Å². The monoisotopic (exact) mass is 373 g/mol. The summed E-state index contributed by atoms with van der Waals surface area (Å²) in [7, 11) is 0. The van der Waals surface area contributed by atoms with Crippen molar-refractivity contribution < 1.29 is 23.5 Å². The van der Waals surface area contributed by atoms with E-state index in [1.54, 1.807) is 54.6 Å². The molecule has 2 aromatic carbocycles. The summed E-state index contributed by atoms with van der Waals surface area (Å²) in [5, 5.41) is 0. The smallest absolute Gasteiger partial charge is 0.363 e. The predicted octanol–water partition coefficient (Wildman–Crippen LogP) is 4.15. The van der Waals surface area contributed by atoms with Gasteiger partial charge in [0.2, 0.25) is 0 Å². The number of aliphatic imine (C=N–C) groups is 1. The largest absolute Gasteiger partial charge is 0.459 e. The minimum Gasteiger partial charge on any atom is -0.459 e. The third-order valence-electron chi connectivity index (χ3n) is 4.03. The van der Waals surface area contributed by atoms with Crippen molar-refractivity contribution in [2.45, 2.75) is 6.92 Å². The third-order valence-corrected chi connectivity index (χ3v) is 4.03. The molecule has 0 aliphatic carbocycles. The van der Waals surface area contributed by atoms with Gasteiger partial charge in [-0.15, -0.1) is 0 Å². The van der Waals surface area contributed by atoms with Gasteiger partial charge in [-0.1, -0.05) is 29.8 Å². The minimum atomic E-state index is -0.554. The maximum Gasteiger partial charge on any atom is 0.363 e. The van der Waals surface area contributed by atoms with Crippen LogP contribution in [0.15, 0.2) is 82.0 Å². The van der Waals surface area contributed by atoms with Crippen LogP contribution in [0.4, 0.5) is 0 Å². The van der Waals surface area contributed by atoms with Crippen molar-refractivity contribution in [1.82, 2.24) is 0 Å². The highest BCUT2D eigenvalue weighted by Gasteiger charge is 2.25. The summed E-state index contributed by atoms with van der Waals surface area (Å²) in [5.74, 6) is -0.0686. The van der Waals surface area contributed by atoms with Crippen LogP contribution in [0.2, 0.25) is 0 Å². The number of cyclic esters (lactones) is 1. The fourth-order valence-electron chi connectivity index (χ4n) is 2.56. The van der Waals surface area contributed by atoms with Crippen LogP contribution in [0.1, 0.15) is 27.2 Å². The molecule has 0 saturated heterocycles. The number of ether oxygens (including phenoxy) is 2. The summed E-state index contributed by atoms with van der Waals surface area (Å²) in [6.45, 7) is 1.95. The SMILES string of the molecule is Cc1ccc(C(=O)Oc2ccc(/C=C3\N=C(c4ccco4)OC3=O)cc2)cc1. The van der Waals surface area contributed by atoms with Gasteiger partial charge in [0, 0.05) is 0 Å². The molecule has 2 heterocycles. The van der Waals surface area contributed by atoms with Crippen molar-refractivity contribution in [2.24, 2.45) is 4.99 Å². The molecule has 0 fully saturated rings. The summed E-state index contributed by atoms with van der Waals surface area (Å²) in [5.41, 5.74) is 2.42. The topological polar surface area (TPSA) is 78.1 Å². The zero-order valence-electron chi connectivity index (χ0n) is 14.9. The summed E-state index contributed by atoms with van der Waals surface area (Å²) >= 11 is 0. The van der Waals surface area contributed by atoms with Crippen LogP contribution in [0.25, 0.3) is 6.08 Å². The maximum atomic E-state index is 12.2. The Labute approximate surface area is 160 Å². The van der Waals surface area contributed by atoms with Gasteiger partial charge in [0.15, 0.2) is 11.5 Å². The van der Waals surface area contributed by atoms with E-state index in [9.17, 15) is 9.59 Å². The molecule has 0 atom stereocenters. The lowest BCUT2D eigenvalue weighted by molar-refractivity contribution is -0.130. The molecular weight excluding hydrogens is 358 g/mol. The summed E-state index contributed by atoms with van der Waals surface area (Å²) in [6, 6.07) is 17.2. The molecule has 0 N–H and O–H groups in total. The van der Waals surface area contributed by atoms with E-state index in [4.69, 9.17) is 13.9 Å². The van der Waals surface area contributed by atoms with Gasteiger partial charge in [0.1, 0.15) is 5.75 Å². The number of furan rings is 1. The number of carbonyl (C=O) groups excluding carboxylic acids is 2. The van der Waals surface area contributed by atoms with Gasteiger partial charge in [0.05, 0.1) is 11.8 Å². The number of benzene rings is 2.